The van der Waals surface area contributed by atoms with Crippen LogP contribution in [-0.4, -0.2) is 34.5 Å². The van der Waals surface area contributed by atoms with Crippen LogP contribution < -0.4 is 0 Å². The van der Waals surface area contributed by atoms with Crippen LogP contribution in [0.1, 0.15) is 43.7 Å². The molecule has 1 aromatic carbocycles. The zero-order valence-corrected chi connectivity index (χ0v) is 13.9. The summed E-state index contributed by atoms with van der Waals surface area (Å²) in [5, 5.41) is 6.50. The normalized spacial score (nSPS) is 11.7. The minimum absolute atomic E-state index is 0.925. The molecule has 0 atom stereocenters. The van der Waals surface area contributed by atoms with Gasteiger partial charge in [-0.2, -0.15) is 5.10 Å². The van der Waals surface area contributed by atoms with Crippen LogP contribution in [0.2, 0.25) is 0 Å². The Bertz CT molecular complexity index is 585. The highest BCUT2D eigenvalue weighted by molar-refractivity contribution is 6.01. The van der Waals surface area contributed by atoms with Crippen molar-refractivity contribution in [3.05, 3.63) is 54.1 Å². The zero-order valence-electron chi connectivity index (χ0n) is 13.9. The van der Waals surface area contributed by atoms with Gasteiger partial charge < -0.3 is 5.01 Å². The predicted octanol–water partition coefficient (Wildman–Crippen LogP) is 3.78. The third-order valence-corrected chi connectivity index (χ3v) is 3.60. The molecule has 0 N–H and O–H groups in total. The average molecular weight is 298 g/mol. The second-order valence-electron chi connectivity index (χ2n) is 5.71. The molecule has 0 saturated heterocycles. The fourth-order valence-corrected chi connectivity index (χ4v) is 2.52. The topological polar surface area (TPSA) is 33.4 Å². The third-order valence-electron chi connectivity index (χ3n) is 3.60. The molecular formula is C18H26N4. The summed E-state index contributed by atoms with van der Waals surface area (Å²) in [5.41, 5.74) is 2.54. The largest absolute Gasteiger partial charge is 0.301 e. The van der Waals surface area contributed by atoms with Gasteiger partial charge in [0.15, 0.2) is 5.84 Å². The maximum atomic E-state index is 4.67. The second-order valence-corrected chi connectivity index (χ2v) is 5.71. The van der Waals surface area contributed by atoms with E-state index in [9.17, 15) is 0 Å². The molecule has 22 heavy (non-hydrogen) atoms. The zero-order chi connectivity index (χ0) is 15.8. The molecule has 0 bridgehead atoms. The summed E-state index contributed by atoms with van der Waals surface area (Å²) in [7, 11) is 3.89. The first-order valence-corrected chi connectivity index (χ1v) is 8.05. The molecule has 0 spiro atoms. The van der Waals surface area contributed by atoms with Crippen molar-refractivity contribution < 1.29 is 0 Å². The predicted molar refractivity (Wildman–Crippen MR) is 92.1 cm³/mol. The lowest BCUT2D eigenvalue weighted by molar-refractivity contribution is 0.435. The van der Waals surface area contributed by atoms with E-state index in [0.717, 1.165) is 12.3 Å². The molecule has 4 nitrogen and oxygen atoms in total. The highest BCUT2D eigenvalue weighted by Gasteiger charge is 2.11. The smallest absolute Gasteiger partial charge is 0.165 e. The Morgan fingerprint density at radius 1 is 1.18 bits per heavy atom. The highest BCUT2D eigenvalue weighted by atomic mass is 15.4. The van der Waals surface area contributed by atoms with E-state index >= 15 is 0 Å². The lowest BCUT2D eigenvalue weighted by Crippen LogP contribution is -2.18. The second kappa shape index (κ2) is 8.37. The minimum Gasteiger partial charge on any atom is -0.301 e. The van der Waals surface area contributed by atoms with Crippen molar-refractivity contribution >= 4 is 5.84 Å². The molecule has 1 heterocycles. The van der Waals surface area contributed by atoms with E-state index in [1.165, 1.54) is 36.8 Å². The third kappa shape index (κ3) is 4.45. The Morgan fingerprint density at radius 2 is 2.00 bits per heavy atom. The van der Waals surface area contributed by atoms with Gasteiger partial charge in [0.1, 0.15) is 6.33 Å². The van der Waals surface area contributed by atoms with Crippen molar-refractivity contribution in [3.8, 4) is 0 Å². The van der Waals surface area contributed by atoms with Crippen molar-refractivity contribution in [3.63, 3.8) is 0 Å². The first-order chi connectivity index (χ1) is 10.7. The van der Waals surface area contributed by atoms with Crippen molar-refractivity contribution in [2.45, 2.75) is 39.0 Å². The number of rotatable bonds is 7. The lowest BCUT2D eigenvalue weighted by Gasteiger charge is -2.15. The number of hydrogen-bond acceptors (Lipinski definition) is 3. The molecule has 0 unspecified atom stereocenters. The molecular weight excluding hydrogens is 272 g/mol. The summed E-state index contributed by atoms with van der Waals surface area (Å²) in [4.78, 5) is 4.16. The Balaban J connectivity index is 2.28. The van der Waals surface area contributed by atoms with Crippen molar-refractivity contribution in [2.75, 3.05) is 14.1 Å². The molecule has 0 aliphatic rings. The van der Waals surface area contributed by atoms with Gasteiger partial charge in [0.05, 0.1) is 0 Å². The quantitative estimate of drug-likeness (QED) is 0.337. The molecule has 118 valence electrons. The van der Waals surface area contributed by atoms with Gasteiger partial charge in [0.2, 0.25) is 0 Å². The molecule has 2 rings (SSSR count). The first-order valence-electron chi connectivity index (χ1n) is 8.05. The summed E-state index contributed by atoms with van der Waals surface area (Å²) in [5.74, 6) is 0.925. The molecule has 2 aromatic rings. The van der Waals surface area contributed by atoms with E-state index in [1.807, 2.05) is 29.9 Å². The van der Waals surface area contributed by atoms with Crippen LogP contribution >= 0.6 is 0 Å². The number of hydrogen-bond donors (Lipinski definition) is 0. The van der Waals surface area contributed by atoms with Gasteiger partial charge in [-0.05, 0) is 18.4 Å². The average Bonchev–Trinajstić information content (AvgIpc) is 3.04. The van der Waals surface area contributed by atoms with Gasteiger partial charge >= 0.3 is 0 Å². The molecule has 4 heteroatoms. The van der Waals surface area contributed by atoms with E-state index in [-0.39, 0.29) is 0 Å². The molecule has 0 radical (unpaired) electrons. The fraction of sp³-hybridized carbons (Fsp3) is 0.444. The summed E-state index contributed by atoms with van der Waals surface area (Å²) < 4.78 is 1.98. The summed E-state index contributed by atoms with van der Waals surface area (Å²) >= 11 is 0. The lowest BCUT2D eigenvalue weighted by atomic mass is 10.00. The van der Waals surface area contributed by atoms with Crippen molar-refractivity contribution in [1.29, 1.82) is 0 Å². The maximum absolute atomic E-state index is 4.67. The van der Waals surface area contributed by atoms with Crippen molar-refractivity contribution in [1.82, 2.24) is 14.6 Å². The van der Waals surface area contributed by atoms with Crippen molar-refractivity contribution in [2.24, 2.45) is 5.10 Å². The molecule has 0 saturated carbocycles. The summed E-state index contributed by atoms with van der Waals surface area (Å²) in [6.45, 7) is 2.24. The monoisotopic (exact) mass is 298 g/mol. The van der Waals surface area contributed by atoms with Gasteiger partial charge in [0.25, 0.3) is 0 Å². The summed E-state index contributed by atoms with van der Waals surface area (Å²) in [6, 6.07) is 8.55. The van der Waals surface area contributed by atoms with E-state index in [0.29, 0.717) is 0 Å². The number of aryl methyl sites for hydroxylation is 1. The summed E-state index contributed by atoms with van der Waals surface area (Å²) in [6.07, 6.45) is 11.7. The number of imidazole rings is 1. The SMILES string of the molecule is CCCCCCc1ccccc1C(=NN(C)C)n1ccnc1. The molecule has 0 fully saturated rings. The van der Waals surface area contributed by atoms with Gasteiger partial charge in [0, 0.05) is 32.1 Å². The van der Waals surface area contributed by atoms with Crippen LogP contribution in [0.15, 0.2) is 48.1 Å². The van der Waals surface area contributed by atoms with Crippen LogP contribution in [-0.2, 0) is 6.42 Å². The van der Waals surface area contributed by atoms with Gasteiger partial charge in [-0.1, -0.05) is 50.5 Å². The molecule has 0 aliphatic heterocycles. The molecule has 1 aromatic heterocycles. The molecule has 0 amide bonds. The van der Waals surface area contributed by atoms with Crippen LogP contribution in [0.3, 0.4) is 0 Å². The van der Waals surface area contributed by atoms with Crippen LogP contribution in [0.5, 0.6) is 0 Å². The Kier molecular flexibility index (Phi) is 6.19. The number of unbranched alkanes of at least 4 members (excludes halogenated alkanes) is 3. The van der Waals surface area contributed by atoms with Crippen LogP contribution in [0.4, 0.5) is 0 Å². The van der Waals surface area contributed by atoms with Crippen LogP contribution in [0, 0.1) is 0 Å². The van der Waals surface area contributed by atoms with Gasteiger partial charge in [-0.25, -0.2) is 4.98 Å². The molecule has 0 aliphatic carbocycles. The van der Waals surface area contributed by atoms with Crippen LogP contribution in [0.25, 0.3) is 0 Å². The fourth-order valence-electron chi connectivity index (χ4n) is 2.52. The van der Waals surface area contributed by atoms with Gasteiger partial charge in [-0.3, -0.25) is 4.57 Å². The standard InChI is InChI=1S/C18H26N4/c1-4-5-6-7-10-16-11-8-9-12-17(16)18(20-21(2)3)22-14-13-19-15-22/h8-9,11-15H,4-7,10H2,1-3H3. The number of aromatic nitrogens is 2. The highest BCUT2D eigenvalue weighted by Crippen LogP contribution is 2.16. The number of nitrogens with zero attached hydrogens (tertiary/aromatic N) is 4. The van der Waals surface area contributed by atoms with E-state index < -0.39 is 0 Å². The minimum atomic E-state index is 0.925. The van der Waals surface area contributed by atoms with E-state index in [1.54, 1.807) is 12.5 Å². The Morgan fingerprint density at radius 3 is 2.68 bits per heavy atom. The maximum Gasteiger partial charge on any atom is 0.165 e. The Hall–Kier alpha value is -2.10. The first kappa shape index (κ1) is 16.3. The number of benzene rings is 1. The van der Waals surface area contributed by atoms with E-state index in [4.69, 9.17) is 0 Å². The Labute approximate surface area is 133 Å². The number of hydrazone groups is 1. The van der Waals surface area contributed by atoms with Gasteiger partial charge in [-0.15, -0.1) is 0 Å². The van der Waals surface area contributed by atoms with E-state index in [2.05, 4.69) is 41.3 Å².